The molecule has 0 saturated heterocycles. The van der Waals surface area contributed by atoms with Gasteiger partial charge in [0, 0.05) is 42.0 Å². The minimum absolute atomic E-state index is 0.235. The topological polar surface area (TPSA) is 107 Å². The highest BCUT2D eigenvalue weighted by Gasteiger charge is 2.31. The van der Waals surface area contributed by atoms with Crippen molar-refractivity contribution in [3.8, 4) is 45.1 Å². The standard InChI is InChI=1S/C31H25F4N3O5S/c1-17-36-29(19-5-8-22(9-6-19)43-31(33,34)35)30(42-17)23-13-20(7-10-27(23)38-12-11-26(37-38)18-3-4-18)21-14-25(32)24(16-39)28(15-21)44(2,40)41/h5-15,18,39H,3-4,16H2,1-2H3. The van der Waals surface area contributed by atoms with Crippen LogP contribution in [-0.2, 0) is 16.4 Å². The highest BCUT2D eigenvalue weighted by atomic mass is 32.2. The number of aromatic nitrogens is 3. The van der Waals surface area contributed by atoms with Crippen molar-refractivity contribution in [2.75, 3.05) is 6.26 Å². The summed E-state index contributed by atoms with van der Waals surface area (Å²) in [5.74, 6) is -0.358. The number of hydrogen-bond acceptors (Lipinski definition) is 7. The van der Waals surface area contributed by atoms with Crippen molar-refractivity contribution in [1.82, 2.24) is 14.8 Å². The van der Waals surface area contributed by atoms with Crippen LogP contribution in [0.2, 0.25) is 0 Å². The third kappa shape index (κ3) is 5.97. The van der Waals surface area contributed by atoms with Gasteiger partial charge in [0.2, 0.25) is 0 Å². The molecule has 0 unspecified atom stereocenters. The number of hydrogen-bond donors (Lipinski definition) is 1. The van der Waals surface area contributed by atoms with Crippen LogP contribution in [0, 0.1) is 12.7 Å². The minimum Gasteiger partial charge on any atom is -0.440 e. The Morgan fingerprint density at radius 3 is 2.36 bits per heavy atom. The molecular formula is C31H25F4N3O5S. The van der Waals surface area contributed by atoms with E-state index in [1.54, 1.807) is 36.0 Å². The van der Waals surface area contributed by atoms with Crippen LogP contribution >= 0.6 is 0 Å². The summed E-state index contributed by atoms with van der Waals surface area (Å²) in [4.78, 5) is 4.16. The fraction of sp³-hybridized carbons (Fsp3) is 0.226. The van der Waals surface area contributed by atoms with Crippen LogP contribution in [-0.4, -0.2) is 40.9 Å². The Bertz CT molecular complexity index is 1980. The van der Waals surface area contributed by atoms with Gasteiger partial charge in [-0.15, -0.1) is 13.2 Å². The average Bonchev–Trinajstić information content (AvgIpc) is 3.56. The van der Waals surface area contributed by atoms with Crippen LogP contribution in [0.15, 0.2) is 76.2 Å². The number of sulfone groups is 1. The summed E-state index contributed by atoms with van der Waals surface area (Å²) in [6, 6.07) is 14.6. The lowest BCUT2D eigenvalue weighted by Crippen LogP contribution is -2.16. The molecule has 1 aliphatic carbocycles. The predicted octanol–water partition coefficient (Wildman–Crippen LogP) is 6.98. The van der Waals surface area contributed by atoms with Crippen molar-refractivity contribution in [3.63, 3.8) is 0 Å². The largest absolute Gasteiger partial charge is 0.573 e. The van der Waals surface area contributed by atoms with Gasteiger partial charge in [0.05, 0.1) is 22.9 Å². The summed E-state index contributed by atoms with van der Waals surface area (Å²) in [6.07, 6.45) is -0.0268. The molecule has 1 saturated carbocycles. The van der Waals surface area contributed by atoms with Gasteiger partial charge in [0.25, 0.3) is 0 Å². The SMILES string of the molecule is Cc1nc(-c2ccc(OC(F)(F)F)cc2)c(-c2cc(-c3cc(F)c(CO)c(S(C)(=O)=O)c3)ccc2-n2ccc(C3CC3)n2)o1. The zero-order valence-electron chi connectivity index (χ0n) is 23.4. The number of nitrogens with zero attached hydrogens (tertiary/aromatic N) is 3. The number of aryl methyl sites for hydroxylation is 1. The first-order valence-corrected chi connectivity index (χ1v) is 15.4. The predicted molar refractivity (Wildman–Crippen MR) is 152 cm³/mol. The molecule has 3 aromatic carbocycles. The second-order valence-electron chi connectivity index (χ2n) is 10.5. The van der Waals surface area contributed by atoms with Crippen molar-refractivity contribution < 1.29 is 40.2 Å². The zero-order valence-corrected chi connectivity index (χ0v) is 24.2. The molecule has 228 valence electrons. The van der Waals surface area contributed by atoms with Crippen LogP contribution < -0.4 is 4.74 Å². The van der Waals surface area contributed by atoms with Crippen molar-refractivity contribution in [2.45, 2.75) is 43.5 Å². The van der Waals surface area contributed by atoms with E-state index in [1.807, 2.05) is 6.07 Å². The van der Waals surface area contributed by atoms with E-state index in [9.17, 15) is 26.7 Å². The van der Waals surface area contributed by atoms with Gasteiger partial charge in [-0.05, 0) is 78.6 Å². The van der Waals surface area contributed by atoms with Crippen molar-refractivity contribution in [1.29, 1.82) is 0 Å². The Morgan fingerprint density at radius 2 is 1.73 bits per heavy atom. The fourth-order valence-corrected chi connectivity index (χ4v) is 6.00. The van der Waals surface area contributed by atoms with E-state index >= 15 is 4.39 Å². The van der Waals surface area contributed by atoms with Gasteiger partial charge in [-0.2, -0.15) is 5.10 Å². The highest BCUT2D eigenvalue weighted by molar-refractivity contribution is 7.90. The summed E-state index contributed by atoms with van der Waals surface area (Å²) in [5.41, 5.74) is 3.07. The molecule has 8 nitrogen and oxygen atoms in total. The summed E-state index contributed by atoms with van der Waals surface area (Å²) >= 11 is 0. The van der Waals surface area contributed by atoms with Crippen LogP contribution in [0.5, 0.6) is 5.75 Å². The van der Waals surface area contributed by atoms with E-state index in [4.69, 9.17) is 9.52 Å². The molecule has 0 aliphatic heterocycles. The van der Waals surface area contributed by atoms with Gasteiger partial charge in [0.1, 0.15) is 17.3 Å². The molecule has 2 aromatic heterocycles. The zero-order chi connectivity index (χ0) is 31.4. The summed E-state index contributed by atoms with van der Waals surface area (Å²) in [5, 5.41) is 14.4. The normalized spacial score (nSPS) is 13.8. The van der Waals surface area contributed by atoms with Gasteiger partial charge in [0.15, 0.2) is 21.5 Å². The first-order chi connectivity index (χ1) is 20.8. The third-order valence-corrected chi connectivity index (χ3v) is 8.40. The first-order valence-electron chi connectivity index (χ1n) is 13.5. The lowest BCUT2D eigenvalue weighted by molar-refractivity contribution is -0.274. The number of halogens is 4. The van der Waals surface area contributed by atoms with Crippen LogP contribution in [0.4, 0.5) is 17.6 Å². The molecule has 44 heavy (non-hydrogen) atoms. The first kappa shape index (κ1) is 29.6. The molecule has 0 spiro atoms. The van der Waals surface area contributed by atoms with E-state index in [2.05, 4.69) is 9.72 Å². The molecule has 5 aromatic rings. The molecule has 1 fully saturated rings. The van der Waals surface area contributed by atoms with Gasteiger partial charge < -0.3 is 14.3 Å². The number of aliphatic hydroxyl groups is 1. The van der Waals surface area contributed by atoms with E-state index in [0.717, 1.165) is 30.9 Å². The number of oxazole rings is 1. The molecular weight excluding hydrogens is 602 g/mol. The van der Waals surface area contributed by atoms with Crippen molar-refractivity contribution >= 4 is 9.84 Å². The van der Waals surface area contributed by atoms with Crippen LogP contribution in [0.3, 0.4) is 0 Å². The molecule has 1 N–H and O–H groups in total. The van der Waals surface area contributed by atoms with E-state index in [-0.39, 0.29) is 27.7 Å². The van der Waals surface area contributed by atoms with Crippen LogP contribution in [0.1, 0.15) is 35.9 Å². The summed E-state index contributed by atoms with van der Waals surface area (Å²) in [6.45, 7) is 0.826. The van der Waals surface area contributed by atoms with Gasteiger partial charge in [-0.25, -0.2) is 22.5 Å². The molecule has 6 rings (SSSR count). The third-order valence-electron chi connectivity index (χ3n) is 7.23. The lowest BCUT2D eigenvalue weighted by Gasteiger charge is -2.14. The molecule has 0 atom stereocenters. The average molecular weight is 628 g/mol. The number of rotatable bonds is 8. The van der Waals surface area contributed by atoms with E-state index in [1.165, 1.54) is 30.3 Å². The molecule has 2 heterocycles. The number of ether oxygens (including phenoxy) is 1. The van der Waals surface area contributed by atoms with Gasteiger partial charge >= 0.3 is 6.36 Å². The van der Waals surface area contributed by atoms with E-state index < -0.39 is 34.4 Å². The van der Waals surface area contributed by atoms with E-state index in [0.29, 0.717) is 34.0 Å². The van der Waals surface area contributed by atoms with Crippen LogP contribution in [0.25, 0.3) is 39.4 Å². The van der Waals surface area contributed by atoms with Crippen molar-refractivity contribution in [2.24, 2.45) is 0 Å². The maximum atomic E-state index is 15.1. The fourth-order valence-electron chi connectivity index (χ4n) is 5.05. The second-order valence-corrected chi connectivity index (χ2v) is 12.5. The highest BCUT2D eigenvalue weighted by Crippen LogP contribution is 2.42. The minimum atomic E-state index is -4.85. The molecule has 1 aliphatic rings. The Balaban J connectivity index is 1.52. The molecule has 0 amide bonds. The Labute approximate surface area is 249 Å². The number of benzene rings is 3. The molecule has 13 heteroatoms. The quantitative estimate of drug-likeness (QED) is 0.185. The molecule has 0 radical (unpaired) electrons. The maximum absolute atomic E-state index is 15.1. The maximum Gasteiger partial charge on any atom is 0.573 e. The second kappa shape index (κ2) is 10.9. The lowest BCUT2D eigenvalue weighted by atomic mass is 9.97. The monoisotopic (exact) mass is 627 g/mol. The number of alkyl halides is 3. The van der Waals surface area contributed by atoms with Gasteiger partial charge in [-0.3, -0.25) is 0 Å². The smallest absolute Gasteiger partial charge is 0.440 e. The number of aliphatic hydroxyl groups excluding tert-OH is 1. The summed E-state index contributed by atoms with van der Waals surface area (Å²) < 4.78 is 89.9. The van der Waals surface area contributed by atoms with Crippen molar-refractivity contribution in [3.05, 3.63) is 89.8 Å². The Morgan fingerprint density at radius 1 is 1.02 bits per heavy atom. The Kier molecular flexibility index (Phi) is 7.33. The Hall–Kier alpha value is -4.49. The summed E-state index contributed by atoms with van der Waals surface area (Å²) in [7, 11) is -3.89. The van der Waals surface area contributed by atoms with Gasteiger partial charge in [-0.1, -0.05) is 6.07 Å². The molecule has 0 bridgehead atoms.